The number of hydrogen-bond donors (Lipinski definition) is 1. The number of hydrogen-bond acceptors (Lipinski definition) is 2. The van der Waals surface area contributed by atoms with Crippen LogP contribution in [0.4, 0.5) is 4.39 Å². The Balaban J connectivity index is 2.55. The van der Waals surface area contributed by atoms with Gasteiger partial charge in [0.25, 0.3) is 0 Å². The summed E-state index contributed by atoms with van der Waals surface area (Å²) in [5.41, 5.74) is 7.55. The lowest BCUT2D eigenvalue weighted by Gasteiger charge is -2.15. The van der Waals surface area contributed by atoms with Gasteiger partial charge in [-0.1, -0.05) is 13.3 Å². The number of aromatic nitrogens is 2. The van der Waals surface area contributed by atoms with E-state index in [2.05, 4.69) is 23.4 Å². The Hall–Kier alpha value is -1.42. The van der Waals surface area contributed by atoms with Crippen LogP contribution in [0.1, 0.15) is 38.4 Å². The monoisotopic (exact) mass is 249 g/mol. The summed E-state index contributed by atoms with van der Waals surface area (Å²) in [7, 11) is 0. The Labute approximate surface area is 107 Å². The van der Waals surface area contributed by atoms with Gasteiger partial charge in [-0.3, -0.25) is 0 Å². The molecule has 3 nitrogen and oxygen atoms in total. The Bertz CT molecular complexity index is 533. The van der Waals surface area contributed by atoms with Gasteiger partial charge in [0.15, 0.2) is 0 Å². The average molecular weight is 249 g/mol. The maximum Gasteiger partial charge on any atom is 0.125 e. The summed E-state index contributed by atoms with van der Waals surface area (Å²) in [6.45, 7) is 5.63. The molecular weight excluding hydrogens is 229 g/mol. The molecule has 1 aromatic heterocycles. The molecule has 4 heteroatoms. The van der Waals surface area contributed by atoms with E-state index in [0.717, 1.165) is 36.2 Å². The van der Waals surface area contributed by atoms with Gasteiger partial charge in [-0.05, 0) is 25.5 Å². The van der Waals surface area contributed by atoms with Crippen molar-refractivity contribution in [1.29, 1.82) is 0 Å². The highest BCUT2D eigenvalue weighted by Gasteiger charge is 2.17. The fourth-order valence-electron chi connectivity index (χ4n) is 2.47. The third-order valence-corrected chi connectivity index (χ3v) is 3.34. The smallest absolute Gasteiger partial charge is 0.125 e. The minimum Gasteiger partial charge on any atom is -0.330 e. The van der Waals surface area contributed by atoms with E-state index in [-0.39, 0.29) is 11.7 Å². The number of benzene rings is 1. The summed E-state index contributed by atoms with van der Waals surface area (Å²) in [4.78, 5) is 4.58. The van der Waals surface area contributed by atoms with Crippen LogP contribution in [0.3, 0.4) is 0 Å². The Morgan fingerprint density at radius 2 is 2.17 bits per heavy atom. The molecule has 0 radical (unpaired) electrons. The van der Waals surface area contributed by atoms with E-state index in [9.17, 15) is 4.39 Å². The first kappa shape index (κ1) is 13.0. The predicted molar refractivity (Wildman–Crippen MR) is 72.1 cm³/mol. The molecule has 0 fully saturated rings. The summed E-state index contributed by atoms with van der Waals surface area (Å²) >= 11 is 0. The van der Waals surface area contributed by atoms with Crippen LogP contribution in [0.2, 0.25) is 0 Å². The molecule has 2 rings (SSSR count). The van der Waals surface area contributed by atoms with Gasteiger partial charge in [-0.2, -0.15) is 0 Å². The van der Waals surface area contributed by atoms with Gasteiger partial charge in [0.2, 0.25) is 0 Å². The zero-order chi connectivity index (χ0) is 13.1. The molecule has 0 saturated carbocycles. The van der Waals surface area contributed by atoms with Crippen molar-refractivity contribution in [2.45, 2.75) is 39.2 Å². The fourth-order valence-corrected chi connectivity index (χ4v) is 2.47. The summed E-state index contributed by atoms with van der Waals surface area (Å²) in [6.07, 6.45) is 2.09. The van der Waals surface area contributed by atoms with E-state index in [1.807, 2.05) is 0 Å². The van der Waals surface area contributed by atoms with Gasteiger partial charge in [-0.15, -0.1) is 0 Å². The highest BCUT2D eigenvalue weighted by Crippen LogP contribution is 2.25. The van der Waals surface area contributed by atoms with E-state index in [1.54, 1.807) is 6.07 Å². The second-order valence-electron chi connectivity index (χ2n) is 4.57. The fraction of sp³-hybridized carbons (Fsp3) is 0.500. The maximum absolute atomic E-state index is 13.2. The molecule has 18 heavy (non-hydrogen) atoms. The van der Waals surface area contributed by atoms with Gasteiger partial charge < -0.3 is 10.3 Å². The molecule has 0 saturated heterocycles. The average Bonchev–Trinajstić information content (AvgIpc) is 2.73. The first-order valence-corrected chi connectivity index (χ1v) is 6.57. The summed E-state index contributed by atoms with van der Waals surface area (Å²) < 4.78 is 15.4. The van der Waals surface area contributed by atoms with Crippen LogP contribution < -0.4 is 5.73 Å². The van der Waals surface area contributed by atoms with Crippen LogP contribution in [0.5, 0.6) is 0 Å². The van der Waals surface area contributed by atoms with Crippen molar-refractivity contribution in [1.82, 2.24) is 9.55 Å². The number of fused-ring (bicyclic) bond motifs is 1. The van der Waals surface area contributed by atoms with Crippen LogP contribution in [0.25, 0.3) is 11.0 Å². The topological polar surface area (TPSA) is 43.8 Å². The van der Waals surface area contributed by atoms with E-state index >= 15 is 0 Å². The van der Waals surface area contributed by atoms with E-state index in [0.29, 0.717) is 6.54 Å². The summed E-state index contributed by atoms with van der Waals surface area (Å²) in [5, 5.41) is 0. The second-order valence-corrected chi connectivity index (χ2v) is 4.57. The first-order chi connectivity index (χ1) is 8.71. The minimum atomic E-state index is -0.241. The van der Waals surface area contributed by atoms with Crippen molar-refractivity contribution >= 4 is 11.0 Å². The number of aryl methyl sites for hydroxylation is 1. The molecule has 98 valence electrons. The molecule has 1 heterocycles. The number of imidazole rings is 1. The van der Waals surface area contributed by atoms with Crippen molar-refractivity contribution in [2.24, 2.45) is 5.73 Å². The number of nitrogens with two attached hydrogens (primary N) is 1. The molecule has 0 aliphatic heterocycles. The Morgan fingerprint density at radius 1 is 1.39 bits per heavy atom. The molecule has 0 spiro atoms. The summed E-state index contributed by atoms with van der Waals surface area (Å²) in [5.74, 6) is 1.00. The maximum atomic E-state index is 13.2. The minimum absolute atomic E-state index is 0.241. The normalized spacial score (nSPS) is 13.1. The van der Waals surface area contributed by atoms with E-state index in [1.165, 1.54) is 12.1 Å². The standard InChI is InChI=1S/C14H20FN3/c1-3-5-10(9-16)14-17-12-8-11(15)6-7-13(12)18(14)4-2/h6-8,10H,3-5,9,16H2,1-2H3. The molecule has 2 aromatic rings. The quantitative estimate of drug-likeness (QED) is 0.885. The van der Waals surface area contributed by atoms with Crippen molar-refractivity contribution in [3.8, 4) is 0 Å². The Morgan fingerprint density at radius 3 is 2.78 bits per heavy atom. The Kier molecular flexibility index (Phi) is 3.97. The van der Waals surface area contributed by atoms with Gasteiger partial charge in [-0.25, -0.2) is 9.37 Å². The second kappa shape index (κ2) is 5.48. The molecule has 1 unspecified atom stereocenters. The zero-order valence-electron chi connectivity index (χ0n) is 11.0. The van der Waals surface area contributed by atoms with Crippen molar-refractivity contribution in [3.63, 3.8) is 0 Å². The third kappa shape index (κ3) is 2.25. The third-order valence-electron chi connectivity index (χ3n) is 3.34. The first-order valence-electron chi connectivity index (χ1n) is 6.57. The molecule has 0 amide bonds. The highest BCUT2D eigenvalue weighted by atomic mass is 19.1. The number of halogens is 1. The summed E-state index contributed by atoms with van der Waals surface area (Å²) in [6, 6.07) is 4.77. The highest BCUT2D eigenvalue weighted by molar-refractivity contribution is 5.76. The molecule has 1 aromatic carbocycles. The van der Waals surface area contributed by atoms with Gasteiger partial charge in [0.1, 0.15) is 11.6 Å². The lowest BCUT2D eigenvalue weighted by molar-refractivity contribution is 0.557. The van der Waals surface area contributed by atoms with Crippen molar-refractivity contribution in [3.05, 3.63) is 29.8 Å². The van der Waals surface area contributed by atoms with Gasteiger partial charge >= 0.3 is 0 Å². The largest absolute Gasteiger partial charge is 0.330 e. The van der Waals surface area contributed by atoms with Crippen molar-refractivity contribution < 1.29 is 4.39 Å². The van der Waals surface area contributed by atoms with E-state index < -0.39 is 0 Å². The van der Waals surface area contributed by atoms with E-state index in [4.69, 9.17) is 5.73 Å². The molecule has 1 atom stereocenters. The molecular formula is C14H20FN3. The van der Waals surface area contributed by atoms with Gasteiger partial charge in [0.05, 0.1) is 11.0 Å². The molecule has 0 bridgehead atoms. The molecule has 0 aliphatic carbocycles. The molecule has 2 N–H and O–H groups in total. The van der Waals surface area contributed by atoms with Crippen LogP contribution >= 0.6 is 0 Å². The van der Waals surface area contributed by atoms with Crippen LogP contribution in [0.15, 0.2) is 18.2 Å². The predicted octanol–water partition coefficient (Wildman–Crippen LogP) is 3.04. The lowest BCUT2D eigenvalue weighted by atomic mass is 10.0. The number of nitrogens with zero attached hydrogens (tertiary/aromatic N) is 2. The van der Waals surface area contributed by atoms with Crippen molar-refractivity contribution in [2.75, 3.05) is 6.54 Å². The van der Waals surface area contributed by atoms with Crippen LogP contribution in [-0.4, -0.2) is 16.1 Å². The zero-order valence-corrected chi connectivity index (χ0v) is 11.0. The van der Waals surface area contributed by atoms with Gasteiger partial charge in [0, 0.05) is 25.1 Å². The number of rotatable bonds is 5. The van der Waals surface area contributed by atoms with Crippen LogP contribution in [-0.2, 0) is 6.54 Å². The van der Waals surface area contributed by atoms with Crippen LogP contribution in [0, 0.1) is 5.82 Å². The lowest BCUT2D eigenvalue weighted by Crippen LogP contribution is -2.17. The molecule has 0 aliphatic rings. The SMILES string of the molecule is CCCC(CN)c1nc2cc(F)ccc2n1CC.